The Morgan fingerprint density at radius 2 is 2.00 bits per heavy atom. The Hall–Kier alpha value is -0.650. The van der Waals surface area contributed by atoms with Gasteiger partial charge < -0.3 is 0 Å². The summed E-state index contributed by atoms with van der Waals surface area (Å²) in [7, 11) is 0. The number of hydrogen-bond acceptors (Lipinski definition) is 4. The van der Waals surface area contributed by atoms with Gasteiger partial charge in [-0.1, -0.05) is 35.5 Å². The molecule has 0 atom stereocenters. The van der Waals surface area contributed by atoms with Crippen molar-refractivity contribution in [3.63, 3.8) is 0 Å². The van der Waals surface area contributed by atoms with Gasteiger partial charge in [0.25, 0.3) is 0 Å². The summed E-state index contributed by atoms with van der Waals surface area (Å²) in [6, 6.07) is 8.00. The average Bonchev–Trinajstić information content (AvgIpc) is 2.84. The van der Waals surface area contributed by atoms with Gasteiger partial charge in [-0.25, -0.2) is 4.98 Å². The summed E-state index contributed by atoms with van der Waals surface area (Å²) in [5, 5.41) is 8.31. The number of aromatic nitrogens is 3. The zero-order valence-electron chi connectivity index (χ0n) is 9.10. The molecule has 0 spiro atoms. The van der Waals surface area contributed by atoms with Gasteiger partial charge in [0.1, 0.15) is 6.33 Å². The number of benzene rings is 1. The van der Waals surface area contributed by atoms with E-state index in [1.54, 1.807) is 11.8 Å². The second kappa shape index (κ2) is 6.93. The molecule has 6 heteroatoms. The van der Waals surface area contributed by atoms with Crippen LogP contribution in [0.2, 0.25) is 5.02 Å². The maximum atomic E-state index is 5.83. The van der Waals surface area contributed by atoms with E-state index in [1.165, 1.54) is 11.9 Å². The number of halogens is 1. The SMILES string of the molecule is Clc1ccc(CSCCSc2ncn[nH]2)cc1. The van der Waals surface area contributed by atoms with E-state index in [9.17, 15) is 0 Å². The highest BCUT2D eigenvalue weighted by Gasteiger charge is 1.97. The lowest BCUT2D eigenvalue weighted by atomic mass is 10.2. The molecule has 0 aliphatic heterocycles. The highest BCUT2D eigenvalue weighted by Crippen LogP contribution is 2.18. The molecule has 1 aromatic carbocycles. The second-order valence-corrected chi connectivity index (χ2v) is 5.94. The van der Waals surface area contributed by atoms with E-state index in [1.807, 2.05) is 23.9 Å². The van der Waals surface area contributed by atoms with Crippen LogP contribution in [0.25, 0.3) is 0 Å². The number of aromatic amines is 1. The molecule has 0 aliphatic rings. The van der Waals surface area contributed by atoms with Gasteiger partial charge in [-0.05, 0) is 17.7 Å². The molecule has 1 heterocycles. The predicted molar refractivity (Wildman–Crippen MR) is 74.7 cm³/mol. The Bertz CT molecular complexity index is 430. The Balaban J connectivity index is 1.61. The number of nitrogens with one attached hydrogen (secondary N) is 1. The molecule has 1 N–H and O–H groups in total. The van der Waals surface area contributed by atoms with Gasteiger partial charge in [-0.2, -0.15) is 16.9 Å². The molecule has 17 heavy (non-hydrogen) atoms. The highest BCUT2D eigenvalue weighted by molar-refractivity contribution is 8.02. The fraction of sp³-hybridized carbons (Fsp3) is 0.273. The molecule has 90 valence electrons. The van der Waals surface area contributed by atoms with Crippen LogP contribution in [0.1, 0.15) is 5.56 Å². The number of rotatable bonds is 6. The summed E-state index contributed by atoms with van der Waals surface area (Å²) in [6.45, 7) is 0. The quantitative estimate of drug-likeness (QED) is 0.652. The lowest BCUT2D eigenvalue weighted by Crippen LogP contribution is -1.87. The normalized spacial score (nSPS) is 10.6. The van der Waals surface area contributed by atoms with Crippen LogP contribution in [-0.2, 0) is 5.75 Å². The van der Waals surface area contributed by atoms with E-state index >= 15 is 0 Å². The smallest absolute Gasteiger partial charge is 0.183 e. The van der Waals surface area contributed by atoms with Crippen molar-refractivity contribution in [3.8, 4) is 0 Å². The molecule has 0 bridgehead atoms. The van der Waals surface area contributed by atoms with Crippen LogP contribution in [0.3, 0.4) is 0 Å². The lowest BCUT2D eigenvalue weighted by molar-refractivity contribution is 0.974. The molecular weight excluding hydrogens is 274 g/mol. The van der Waals surface area contributed by atoms with Crippen LogP contribution >= 0.6 is 35.1 Å². The van der Waals surface area contributed by atoms with Crippen molar-refractivity contribution in [3.05, 3.63) is 41.2 Å². The van der Waals surface area contributed by atoms with Crippen molar-refractivity contribution < 1.29 is 0 Å². The van der Waals surface area contributed by atoms with Gasteiger partial charge >= 0.3 is 0 Å². The number of H-pyrrole nitrogens is 1. The fourth-order valence-corrected chi connectivity index (χ4v) is 3.17. The Kier molecular flexibility index (Phi) is 5.22. The van der Waals surface area contributed by atoms with Gasteiger partial charge in [-0.3, -0.25) is 5.10 Å². The fourth-order valence-electron chi connectivity index (χ4n) is 1.23. The molecule has 0 fully saturated rings. The van der Waals surface area contributed by atoms with Crippen LogP contribution < -0.4 is 0 Å². The summed E-state index contributed by atoms with van der Waals surface area (Å²) >= 11 is 9.43. The zero-order chi connectivity index (χ0) is 11.9. The van der Waals surface area contributed by atoms with Crippen LogP contribution in [0.5, 0.6) is 0 Å². The largest absolute Gasteiger partial charge is 0.254 e. The summed E-state index contributed by atoms with van der Waals surface area (Å²) in [5.41, 5.74) is 1.31. The van der Waals surface area contributed by atoms with E-state index in [4.69, 9.17) is 11.6 Å². The van der Waals surface area contributed by atoms with E-state index < -0.39 is 0 Å². The van der Waals surface area contributed by atoms with Gasteiger partial charge in [0.05, 0.1) is 0 Å². The molecule has 0 amide bonds. The molecule has 0 aliphatic carbocycles. The van der Waals surface area contributed by atoms with E-state index in [0.29, 0.717) is 0 Å². The van der Waals surface area contributed by atoms with E-state index in [0.717, 1.165) is 27.4 Å². The first-order valence-corrected chi connectivity index (χ1v) is 7.67. The number of thioether (sulfide) groups is 2. The average molecular weight is 286 g/mol. The van der Waals surface area contributed by atoms with Crippen LogP contribution in [0, 0.1) is 0 Å². The summed E-state index contributed by atoms with van der Waals surface area (Å²) in [6.07, 6.45) is 1.53. The maximum absolute atomic E-state index is 5.83. The Labute approximate surface area is 114 Å². The van der Waals surface area contributed by atoms with Crippen molar-refractivity contribution >= 4 is 35.1 Å². The molecule has 2 aromatic rings. The Morgan fingerprint density at radius 1 is 1.18 bits per heavy atom. The zero-order valence-corrected chi connectivity index (χ0v) is 11.5. The molecule has 0 radical (unpaired) electrons. The van der Waals surface area contributed by atoms with Crippen molar-refractivity contribution in [2.75, 3.05) is 11.5 Å². The molecule has 1 aromatic heterocycles. The maximum Gasteiger partial charge on any atom is 0.183 e. The van der Waals surface area contributed by atoms with Crippen molar-refractivity contribution in [1.82, 2.24) is 15.2 Å². The third-order valence-corrected chi connectivity index (χ3v) is 4.46. The number of hydrogen-bond donors (Lipinski definition) is 1. The topological polar surface area (TPSA) is 41.6 Å². The first-order valence-electron chi connectivity index (χ1n) is 5.15. The minimum atomic E-state index is 0.791. The van der Waals surface area contributed by atoms with E-state index in [-0.39, 0.29) is 0 Å². The summed E-state index contributed by atoms with van der Waals surface area (Å²) < 4.78 is 0. The summed E-state index contributed by atoms with van der Waals surface area (Å²) in [5.74, 6) is 3.15. The van der Waals surface area contributed by atoms with Crippen molar-refractivity contribution in [2.24, 2.45) is 0 Å². The first-order chi connectivity index (χ1) is 8.34. The van der Waals surface area contributed by atoms with Crippen molar-refractivity contribution in [2.45, 2.75) is 10.9 Å². The van der Waals surface area contributed by atoms with Crippen molar-refractivity contribution in [1.29, 1.82) is 0 Å². The van der Waals surface area contributed by atoms with Gasteiger partial charge in [0.15, 0.2) is 5.16 Å². The van der Waals surface area contributed by atoms with Gasteiger partial charge in [-0.15, -0.1) is 0 Å². The lowest BCUT2D eigenvalue weighted by Gasteiger charge is -2.01. The van der Waals surface area contributed by atoms with Crippen LogP contribution in [0.4, 0.5) is 0 Å². The number of nitrogens with zero attached hydrogens (tertiary/aromatic N) is 2. The summed E-state index contributed by atoms with van der Waals surface area (Å²) in [4.78, 5) is 4.05. The Morgan fingerprint density at radius 3 is 2.71 bits per heavy atom. The molecule has 0 saturated carbocycles. The molecule has 0 saturated heterocycles. The third kappa shape index (κ3) is 4.61. The standard InChI is InChI=1S/C11H12ClN3S2/c12-10-3-1-9(2-4-10)7-16-5-6-17-11-13-8-14-15-11/h1-4,8H,5-7H2,(H,13,14,15). The van der Waals surface area contributed by atoms with Crippen LogP contribution in [0.15, 0.2) is 35.7 Å². The van der Waals surface area contributed by atoms with Gasteiger partial charge in [0.2, 0.25) is 0 Å². The molecular formula is C11H12ClN3S2. The van der Waals surface area contributed by atoms with E-state index in [2.05, 4.69) is 27.3 Å². The van der Waals surface area contributed by atoms with Crippen LogP contribution in [-0.4, -0.2) is 26.7 Å². The highest BCUT2D eigenvalue weighted by atomic mass is 35.5. The minimum absolute atomic E-state index is 0.791. The van der Waals surface area contributed by atoms with Gasteiger partial charge in [0, 0.05) is 22.3 Å². The third-order valence-electron chi connectivity index (χ3n) is 2.04. The monoisotopic (exact) mass is 285 g/mol. The first kappa shape index (κ1) is 12.8. The second-order valence-electron chi connectivity index (χ2n) is 3.32. The molecule has 0 unspecified atom stereocenters. The molecule has 2 rings (SSSR count). The predicted octanol–water partition coefficient (Wildman–Crippen LogP) is 3.48. The molecule has 3 nitrogen and oxygen atoms in total. The minimum Gasteiger partial charge on any atom is -0.254 e.